The zero-order valence-corrected chi connectivity index (χ0v) is 18.0. The van der Waals surface area contributed by atoms with E-state index in [0.29, 0.717) is 12.0 Å². The van der Waals surface area contributed by atoms with Gasteiger partial charge in [0.05, 0.1) is 6.07 Å². The molecule has 0 aliphatic rings. The van der Waals surface area contributed by atoms with Gasteiger partial charge in [0.2, 0.25) is 0 Å². The Morgan fingerprint density at radius 2 is 1.84 bits per heavy atom. The maximum absolute atomic E-state index is 9.10. The van der Waals surface area contributed by atoms with Crippen molar-refractivity contribution in [2.24, 2.45) is 5.73 Å². The number of furan rings is 1. The Kier molecular flexibility index (Phi) is 6.05. The van der Waals surface area contributed by atoms with Crippen LogP contribution in [0.25, 0.3) is 45.2 Å². The number of benzene rings is 3. The first kappa shape index (κ1) is 21.0. The maximum atomic E-state index is 9.10. The molecule has 3 nitrogen and oxygen atoms in total. The van der Waals surface area contributed by atoms with E-state index < -0.39 is 0 Å². The zero-order valence-electron chi connectivity index (χ0n) is 18.0. The molecule has 0 atom stereocenters. The molecule has 0 saturated heterocycles. The average Bonchev–Trinajstić information content (AvgIpc) is 3.20. The summed E-state index contributed by atoms with van der Waals surface area (Å²) >= 11 is 0. The Balaban J connectivity index is 1.69. The molecule has 0 aliphatic heterocycles. The second-order valence-corrected chi connectivity index (χ2v) is 7.49. The number of rotatable bonds is 6. The fraction of sp³-hybridized carbons (Fsp3) is 0.0690. The van der Waals surface area contributed by atoms with Gasteiger partial charge in [0.15, 0.2) is 0 Å². The average molecular weight is 417 g/mol. The van der Waals surface area contributed by atoms with E-state index in [4.69, 9.17) is 15.4 Å². The second-order valence-electron chi connectivity index (χ2n) is 7.49. The molecule has 0 amide bonds. The molecule has 0 saturated carbocycles. The predicted molar refractivity (Wildman–Crippen MR) is 135 cm³/mol. The Morgan fingerprint density at radius 1 is 1.06 bits per heavy atom. The molecular weight excluding hydrogens is 392 g/mol. The molecule has 4 aromatic rings. The number of hydrogen-bond acceptors (Lipinski definition) is 3. The summed E-state index contributed by atoms with van der Waals surface area (Å²) < 4.78 is 6.19. The van der Waals surface area contributed by atoms with Gasteiger partial charge in [0.1, 0.15) is 11.2 Å². The fourth-order valence-corrected chi connectivity index (χ4v) is 3.95. The summed E-state index contributed by atoms with van der Waals surface area (Å²) in [6.45, 7) is 6.03. The summed E-state index contributed by atoms with van der Waals surface area (Å²) in [6, 6.07) is 20.9. The number of nitrogens with zero attached hydrogens (tertiary/aromatic N) is 1. The highest BCUT2D eigenvalue weighted by atomic mass is 16.3. The molecular formula is C29H24N2O. The van der Waals surface area contributed by atoms with E-state index in [0.717, 1.165) is 49.8 Å². The van der Waals surface area contributed by atoms with Crippen molar-refractivity contribution in [2.75, 3.05) is 0 Å². The van der Waals surface area contributed by atoms with Crippen molar-refractivity contribution in [3.8, 4) is 17.2 Å². The lowest BCUT2D eigenvalue weighted by atomic mass is 9.98. The van der Waals surface area contributed by atoms with Gasteiger partial charge < -0.3 is 10.2 Å². The Labute approximate surface area is 188 Å². The molecule has 0 aliphatic carbocycles. The summed E-state index contributed by atoms with van der Waals surface area (Å²) in [5.41, 5.74) is 13.2. The summed E-state index contributed by atoms with van der Waals surface area (Å²) in [5.74, 6) is 0. The summed E-state index contributed by atoms with van der Waals surface area (Å²) in [5, 5.41) is 11.3. The van der Waals surface area contributed by atoms with Crippen molar-refractivity contribution in [1.29, 1.82) is 5.26 Å². The van der Waals surface area contributed by atoms with Crippen LogP contribution in [0.3, 0.4) is 0 Å². The van der Waals surface area contributed by atoms with E-state index >= 15 is 0 Å². The summed E-state index contributed by atoms with van der Waals surface area (Å²) in [4.78, 5) is 0. The SMILES string of the molecule is C=Cc1c(/C=C\C)ccc2oc3cc(-c4ccc(C/C=C(C#N)\C=C/N)cc4)ccc3c12. The van der Waals surface area contributed by atoms with E-state index in [2.05, 4.69) is 67.3 Å². The van der Waals surface area contributed by atoms with Gasteiger partial charge in [-0.25, -0.2) is 0 Å². The molecule has 2 N–H and O–H groups in total. The third kappa shape index (κ3) is 3.99. The van der Waals surface area contributed by atoms with Crippen LogP contribution in [-0.4, -0.2) is 0 Å². The Hall–Kier alpha value is -4.29. The third-order valence-electron chi connectivity index (χ3n) is 5.51. The molecule has 0 spiro atoms. The smallest absolute Gasteiger partial charge is 0.136 e. The highest BCUT2D eigenvalue weighted by Gasteiger charge is 2.13. The first-order chi connectivity index (χ1) is 15.7. The molecule has 3 aromatic carbocycles. The van der Waals surface area contributed by atoms with E-state index in [1.807, 2.05) is 31.2 Å². The van der Waals surface area contributed by atoms with E-state index in [1.165, 1.54) is 6.20 Å². The highest BCUT2D eigenvalue weighted by molar-refractivity contribution is 6.11. The molecule has 4 rings (SSSR count). The van der Waals surface area contributed by atoms with Crippen LogP contribution in [0.15, 0.2) is 95.6 Å². The lowest BCUT2D eigenvalue weighted by molar-refractivity contribution is 0.669. The largest absolute Gasteiger partial charge is 0.456 e. The van der Waals surface area contributed by atoms with Gasteiger partial charge in [0.25, 0.3) is 0 Å². The highest BCUT2D eigenvalue weighted by Crippen LogP contribution is 2.36. The third-order valence-corrected chi connectivity index (χ3v) is 5.51. The number of nitrogens with two attached hydrogens (primary N) is 1. The van der Waals surface area contributed by atoms with E-state index in [1.54, 1.807) is 6.08 Å². The van der Waals surface area contributed by atoms with Gasteiger partial charge in [-0.15, -0.1) is 0 Å². The minimum Gasteiger partial charge on any atom is -0.456 e. The standard InChI is InChI=1S/C29H24N2O/c1-3-5-23-13-15-27-29(25(23)4-2)26-14-12-24(18-28(26)32-27)22-10-8-20(9-11-22)6-7-21(19-31)16-17-30/h3-5,7-18H,2,6,30H2,1H3/b5-3-,17-16-,21-7+. The van der Waals surface area contributed by atoms with Crippen LogP contribution in [0.2, 0.25) is 0 Å². The van der Waals surface area contributed by atoms with Gasteiger partial charge in [-0.1, -0.05) is 67.3 Å². The molecule has 156 valence electrons. The first-order valence-electron chi connectivity index (χ1n) is 10.5. The molecule has 1 aromatic heterocycles. The fourth-order valence-electron chi connectivity index (χ4n) is 3.95. The van der Waals surface area contributed by atoms with Gasteiger partial charge in [-0.05, 0) is 71.6 Å². The second kappa shape index (κ2) is 9.24. The van der Waals surface area contributed by atoms with Gasteiger partial charge in [-0.3, -0.25) is 0 Å². The molecule has 0 unspecified atom stereocenters. The van der Waals surface area contributed by atoms with Gasteiger partial charge in [0, 0.05) is 16.3 Å². The topological polar surface area (TPSA) is 63.0 Å². The Bertz CT molecular complexity index is 1420. The van der Waals surface area contributed by atoms with Crippen molar-refractivity contribution in [2.45, 2.75) is 13.3 Å². The van der Waals surface area contributed by atoms with Crippen LogP contribution >= 0.6 is 0 Å². The van der Waals surface area contributed by atoms with Crippen LogP contribution in [0.1, 0.15) is 23.6 Å². The maximum Gasteiger partial charge on any atom is 0.136 e. The first-order valence-corrected chi connectivity index (χ1v) is 10.5. The van der Waals surface area contributed by atoms with E-state index in [-0.39, 0.29) is 0 Å². The van der Waals surface area contributed by atoms with Crippen LogP contribution in [-0.2, 0) is 6.42 Å². The molecule has 32 heavy (non-hydrogen) atoms. The van der Waals surface area contributed by atoms with Crippen molar-refractivity contribution >= 4 is 34.1 Å². The van der Waals surface area contributed by atoms with Crippen LogP contribution < -0.4 is 5.73 Å². The zero-order chi connectivity index (χ0) is 22.5. The summed E-state index contributed by atoms with van der Waals surface area (Å²) in [7, 11) is 0. The number of allylic oxidation sites excluding steroid dienone is 4. The van der Waals surface area contributed by atoms with Crippen molar-refractivity contribution in [3.05, 3.63) is 108 Å². The van der Waals surface area contributed by atoms with Gasteiger partial charge in [-0.2, -0.15) is 5.26 Å². The molecule has 1 heterocycles. The van der Waals surface area contributed by atoms with Crippen molar-refractivity contribution in [3.63, 3.8) is 0 Å². The Morgan fingerprint density at radius 3 is 2.53 bits per heavy atom. The minimum absolute atomic E-state index is 0.559. The minimum atomic E-state index is 0.559. The van der Waals surface area contributed by atoms with Crippen LogP contribution in [0, 0.1) is 11.3 Å². The number of nitriles is 1. The monoisotopic (exact) mass is 416 g/mol. The van der Waals surface area contributed by atoms with Crippen LogP contribution in [0.5, 0.6) is 0 Å². The van der Waals surface area contributed by atoms with Crippen LogP contribution in [0.4, 0.5) is 0 Å². The molecule has 0 radical (unpaired) electrons. The molecule has 0 bridgehead atoms. The van der Waals surface area contributed by atoms with Crippen molar-refractivity contribution in [1.82, 2.24) is 0 Å². The molecule has 0 fully saturated rings. The number of hydrogen-bond donors (Lipinski definition) is 1. The molecule has 3 heteroatoms. The number of fused-ring (bicyclic) bond motifs is 3. The normalized spacial score (nSPS) is 12.2. The summed E-state index contributed by atoms with van der Waals surface area (Å²) in [6.07, 6.45) is 11.6. The lowest BCUT2D eigenvalue weighted by Gasteiger charge is -2.05. The quantitative estimate of drug-likeness (QED) is 0.263. The predicted octanol–water partition coefficient (Wildman–Crippen LogP) is 7.39. The van der Waals surface area contributed by atoms with E-state index in [9.17, 15) is 0 Å². The lowest BCUT2D eigenvalue weighted by Crippen LogP contribution is -1.85. The van der Waals surface area contributed by atoms with Crippen molar-refractivity contribution < 1.29 is 4.42 Å². The van der Waals surface area contributed by atoms with Gasteiger partial charge >= 0.3 is 0 Å².